The Morgan fingerprint density at radius 2 is 1.80 bits per heavy atom. The highest BCUT2D eigenvalue weighted by Crippen LogP contribution is 2.10. The van der Waals surface area contributed by atoms with Gasteiger partial charge in [0.15, 0.2) is 0 Å². The first-order chi connectivity index (χ1) is 9.55. The smallest absolute Gasteiger partial charge is 0.308 e. The van der Waals surface area contributed by atoms with E-state index in [0.29, 0.717) is 5.69 Å². The molecule has 1 rings (SSSR count). The molecular formula is C13H17NO6. The van der Waals surface area contributed by atoms with Crippen molar-refractivity contribution < 1.29 is 29.4 Å². The van der Waals surface area contributed by atoms with E-state index in [-0.39, 0.29) is 19.4 Å². The number of methoxy groups -OCH3 is 1. The topological polar surface area (TPSA) is 105 Å². The lowest BCUT2D eigenvalue weighted by molar-refractivity contribution is -0.149. The first-order valence-electron chi connectivity index (χ1n) is 5.94. The lowest BCUT2D eigenvalue weighted by Crippen LogP contribution is -2.19. The van der Waals surface area contributed by atoms with Gasteiger partial charge in [0.05, 0.1) is 31.7 Å². The molecule has 0 heterocycles. The number of rotatable bonds is 7. The molecule has 0 saturated carbocycles. The normalized spacial score (nSPS) is 11.6. The van der Waals surface area contributed by atoms with Crippen molar-refractivity contribution in [1.29, 1.82) is 0 Å². The summed E-state index contributed by atoms with van der Waals surface area (Å²) < 4.78 is 9.33. The highest BCUT2D eigenvalue weighted by Gasteiger charge is 2.16. The number of aliphatic hydroxyl groups is 1. The highest BCUT2D eigenvalue weighted by atomic mass is 16.5. The van der Waals surface area contributed by atoms with Crippen LogP contribution < -0.4 is 5.48 Å². The Kier molecular flexibility index (Phi) is 6.48. The average molecular weight is 283 g/mol. The summed E-state index contributed by atoms with van der Waals surface area (Å²) in [5.74, 6) is -1.19. The Labute approximate surface area is 116 Å². The molecule has 0 radical (unpaired) electrons. The van der Waals surface area contributed by atoms with Crippen LogP contribution >= 0.6 is 0 Å². The zero-order valence-electron chi connectivity index (χ0n) is 11.0. The molecule has 0 aromatic heterocycles. The van der Waals surface area contributed by atoms with Gasteiger partial charge in [-0.3, -0.25) is 20.3 Å². The lowest BCUT2D eigenvalue weighted by Gasteiger charge is -2.09. The molecule has 1 atom stereocenters. The van der Waals surface area contributed by atoms with Crippen LogP contribution in [0, 0.1) is 0 Å². The van der Waals surface area contributed by atoms with Gasteiger partial charge in [0.1, 0.15) is 6.61 Å². The third-order valence-electron chi connectivity index (χ3n) is 2.52. The molecule has 7 heteroatoms. The summed E-state index contributed by atoms with van der Waals surface area (Å²) in [6, 6.07) is 6.60. The molecule has 20 heavy (non-hydrogen) atoms. The largest absolute Gasteiger partial charge is 0.469 e. The van der Waals surface area contributed by atoms with Crippen molar-refractivity contribution in [3.05, 3.63) is 29.8 Å². The minimum Gasteiger partial charge on any atom is -0.469 e. The van der Waals surface area contributed by atoms with E-state index in [1.54, 1.807) is 24.3 Å². The molecule has 1 unspecified atom stereocenters. The van der Waals surface area contributed by atoms with Gasteiger partial charge in [-0.1, -0.05) is 12.1 Å². The Morgan fingerprint density at radius 1 is 1.20 bits per heavy atom. The van der Waals surface area contributed by atoms with Crippen molar-refractivity contribution in [1.82, 2.24) is 0 Å². The summed E-state index contributed by atoms with van der Waals surface area (Å²) in [6.07, 6.45) is -1.63. The van der Waals surface area contributed by atoms with Crippen LogP contribution in [0.3, 0.4) is 0 Å². The molecule has 0 fully saturated rings. The van der Waals surface area contributed by atoms with E-state index < -0.39 is 18.0 Å². The zero-order valence-corrected chi connectivity index (χ0v) is 11.0. The van der Waals surface area contributed by atoms with E-state index in [4.69, 9.17) is 9.94 Å². The van der Waals surface area contributed by atoms with Crippen molar-refractivity contribution in [2.75, 3.05) is 12.6 Å². The van der Waals surface area contributed by atoms with Crippen molar-refractivity contribution in [2.24, 2.45) is 0 Å². The molecule has 0 bridgehead atoms. The van der Waals surface area contributed by atoms with Crippen LogP contribution in [-0.2, 0) is 25.7 Å². The minimum atomic E-state index is -1.11. The van der Waals surface area contributed by atoms with Crippen molar-refractivity contribution in [3.63, 3.8) is 0 Å². The summed E-state index contributed by atoms with van der Waals surface area (Å²) in [6.45, 7) is 0.0511. The summed E-state index contributed by atoms with van der Waals surface area (Å²) in [5, 5.41) is 18.1. The van der Waals surface area contributed by atoms with E-state index in [1.165, 1.54) is 7.11 Å². The first-order valence-corrected chi connectivity index (χ1v) is 5.94. The molecule has 3 N–H and O–H groups in total. The van der Waals surface area contributed by atoms with Crippen LogP contribution in [0.1, 0.15) is 18.4 Å². The number of carbonyl (C=O) groups excluding carboxylic acids is 2. The second-order valence-electron chi connectivity index (χ2n) is 4.11. The SMILES string of the molecule is COC(=O)CC(O)CC(=O)OCc1ccc(NO)cc1. The number of hydrogen-bond donors (Lipinski definition) is 3. The molecule has 110 valence electrons. The van der Waals surface area contributed by atoms with E-state index in [9.17, 15) is 14.7 Å². The Morgan fingerprint density at radius 3 is 2.35 bits per heavy atom. The van der Waals surface area contributed by atoms with E-state index in [2.05, 4.69) is 4.74 Å². The third-order valence-corrected chi connectivity index (χ3v) is 2.52. The summed E-state index contributed by atoms with van der Waals surface area (Å²) in [5.41, 5.74) is 3.24. The maximum Gasteiger partial charge on any atom is 0.308 e. The Bertz CT molecular complexity index is 445. The molecule has 0 spiro atoms. The number of carbonyl (C=O) groups is 2. The maximum absolute atomic E-state index is 11.4. The molecular weight excluding hydrogens is 266 g/mol. The van der Waals surface area contributed by atoms with E-state index in [0.717, 1.165) is 5.56 Å². The van der Waals surface area contributed by atoms with Gasteiger partial charge in [-0.2, -0.15) is 0 Å². The number of hydrogen-bond acceptors (Lipinski definition) is 7. The molecule has 1 aromatic carbocycles. The monoisotopic (exact) mass is 283 g/mol. The second-order valence-corrected chi connectivity index (χ2v) is 4.11. The number of nitrogens with one attached hydrogen (secondary N) is 1. The third kappa shape index (κ3) is 5.68. The summed E-state index contributed by atoms with van der Waals surface area (Å²) >= 11 is 0. The van der Waals surface area contributed by atoms with Crippen LogP contribution in [0.25, 0.3) is 0 Å². The van der Waals surface area contributed by atoms with Gasteiger partial charge in [-0.05, 0) is 17.7 Å². The van der Waals surface area contributed by atoms with Crippen LogP contribution in [0.15, 0.2) is 24.3 Å². The number of aliphatic hydroxyl groups excluding tert-OH is 1. The van der Waals surface area contributed by atoms with Crippen molar-refractivity contribution in [2.45, 2.75) is 25.6 Å². The van der Waals surface area contributed by atoms with Crippen LogP contribution in [0.5, 0.6) is 0 Å². The predicted octanol–water partition coefficient (Wildman–Crippen LogP) is 0.845. The number of ether oxygens (including phenoxy) is 2. The number of anilines is 1. The Balaban J connectivity index is 2.33. The van der Waals surface area contributed by atoms with Gasteiger partial charge >= 0.3 is 11.9 Å². The van der Waals surface area contributed by atoms with Crippen LogP contribution in [0.2, 0.25) is 0 Å². The highest BCUT2D eigenvalue weighted by molar-refractivity contribution is 5.73. The fraction of sp³-hybridized carbons (Fsp3) is 0.385. The Hall–Kier alpha value is -2.12. The second kappa shape index (κ2) is 8.13. The predicted molar refractivity (Wildman–Crippen MR) is 68.9 cm³/mol. The van der Waals surface area contributed by atoms with E-state index in [1.807, 2.05) is 5.48 Å². The first kappa shape index (κ1) is 15.9. The van der Waals surface area contributed by atoms with Crippen LogP contribution in [0.4, 0.5) is 5.69 Å². The fourth-order valence-corrected chi connectivity index (χ4v) is 1.44. The van der Waals surface area contributed by atoms with Gasteiger partial charge in [0, 0.05) is 0 Å². The minimum absolute atomic E-state index is 0.0511. The summed E-state index contributed by atoms with van der Waals surface area (Å²) in [7, 11) is 1.21. The van der Waals surface area contributed by atoms with Crippen molar-refractivity contribution in [3.8, 4) is 0 Å². The van der Waals surface area contributed by atoms with E-state index >= 15 is 0 Å². The number of esters is 2. The fourth-order valence-electron chi connectivity index (χ4n) is 1.44. The molecule has 7 nitrogen and oxygen atoms in total. The van der Waals surface area contributed by atoms with Crippen LogP contribution in [-0.4, -0.2) is 35.5 Å². The van der Waals surface area contributed by atoms with Crippen molar-refractivity contribution >= 4 is 17.6 Å². The average Bonchev–Trinajstić information content (AvgIpc) is 2.45. The molecule has 0 aliphatic carbocycles. The standard InChI is InChI=1S/C13H17NO6/c1-19-12(16)6-11(15)7-13(17)20-8-9-2-4-10(14-18)5-3-9/h2-5,11,14-15,18H,6-8H2,1H3. The zero-order chi connectivity index (χ0) is 15.0. The van der Waals surface area contributed by atoms with Gasteiger partial charge in [0.2, 0.25) is 0 Å². The lowest BCUT2D eigenvalue weighted by atomic mass is 10.2. The molecule has 0 saturated heterocycles. The van der Waals surface area contributed by atoms with Gasteiger partial charge in [0.25, 0.3) is 0 Å². The summed E-state index contributed by atoms with van der Waals surface area (Å²) in [4.78, 5) is 22.3. The number of benzene rings is 1. The van der Waals surface area contributed by atoms with Gasteiger partial charge in [-0.15, -0.1) is 0 Å². The van der Waals surface area contributed by atoms with Gasteiger partial charge < -0.3 is 14.6 Å². The molecule has 0 aliphatic heterocycles. The van der Waals surface area contributed by atoms with Gasteiger partial charge in [-0.25, -0.2) is 0 Å². The molecule has 1 aromatic rings. The quantitative estimate of drug-likeness (QED) is 0.503. The molecule has 0 aliphatic rings. The maximum atomic E-state index is 11.4. The molecule has 0 amide bonds.